The normalized spacial score (nSPS) is 11.5. The van der Waals surface area contributed by atoms with Crippen LogP contribution >= 0.6 is 0 Å². The lowest BCUT2D eigenvalue weighted by Gasteiger charge is -2.13. The van der Waals surface area contributed by atoms with Crippen molar-refractivity contribution in [2.24, 2.45) is 0 Å². The smallest absolute Gasteiger partial charge is 0.200 e. The van der Waals surface area contributed by atoms with Crippen LogP contribution in [-0.2, 0) is 0 Å². The molecule has 0 fully saturated rings. The zero-order valence-corrected chi connectivity index (χ0v) is 20.7. The van der Waals surface area contributed by atoms with Gasteiger partial charge in [-0.2, -0.15) is 10.5 Å². The first-order valence-corrected chi connectivity index (χ1v) is 12.3. The molecule has 0 unspecified atom stereocenters. The minimum atomic E-state index is -2.25. The van der Waals surface area contributed by atoms with Crippen molar-refractivity contribution in [2.75, 3.05) is 0 Å². The summed E-state index contributed by atoms with van der Waals surface area (Å²) in [6.45, 7) is 0. The van der Waals surface area contributed by atoms with Crippen molar-refractivity contribution in [3.05, 3.63) is 119 Å². The van der Waals surface area contributed by atoms with Gasteiger partial charge in [0.2, 0.25) is 5.82 Å². The quantitative estimate of drug-likeness (QED) is 0.124. The lowest BCUT2D eigenvalue weighted by atomic mass is 10.1. The molecule has 0 aliphatic rings. The first-order chi connectivity index (χ1) is 19.9. The second-order valence-electron chi connectivity index (χ2n) is 9.40. The number of halogens is 5. The van der Waals surface area contributed by atoms with Crippen LogP contribution < -0.4 is 0 Å². The van der Waals surface area contributed by atoms with E-state index in [1.54, 1.807) is 77.4 Å². The van der Waals surface area contributed by atoms with E-state index in [4.69, 9.17) is 0 Å². The standard InChI is InChI=1S/C32H13F5N4/c33-25-26(34)28(36)32(29(37)27(25)35)41-21-10-3-1-8-18(21)19-12-13-23-24(31(19)41)20-9-2-4-11-22(20)40(23)30-16(14-38)6-5-7-17(30)15-39/h1-13H. The molecule has 41 heavy (non-hydrogen) atoms. The van der Waals surface area contributed by atoms with Gasteiger partial charge < -0.3 is 9.13 Å². The monoisotopic (exact) mass is 548 g/mol. The third-order valence-corrected chi connectivity index (χ3v) is 7.38. The van der Waals surface area contributed by atoms with Crippen LogP contribution in [0.2, 0.25) is 0 Å². The van der Waals surface area contributed by atoms with E-state index in [-0.39, 0.29) is 22.2 Å². The molecular weight excluding hydrogens is 535 g/mol. The number of benzene rings is 5. The molecule has 0 aliphatic carbocycles. The van der Waals surface area contributed by atoms with Crippen molar-refractivity contribution in [1.29, 1.82) is 10.5 Å². The van der Waals surface area contributed by atoms with E-state index in [9.17, 15) is 23.7 Å². The highest BCUT2D eigenvalue weighted by Gasteiger charge is 2.30. The van der Waals surface area contributed by atoms with Gasteiger partial charge >= 0.3 is 0 Å². The molecule has 0 radical (unpaired) electrons. The average molecular weight is 548 g/mol. The van der Waals surface area contributed by atoms with Gasteiger partial charge in [-0.1, -0.05) is 48.5 Å². The van der Waals surface area contributed by atoms with Gasteiger partial charge in [0, 0.05) is 21.5 Å². The van der Waals surface area contributed by atoms with Crippen LogP contribution in [0, 0.1) is 51.7 Å². The third kappa shape index (κ3) is 3.11. The van der Waals surface area contributed by atoms with E-state index in [1.807, 2.05) is 0 Å². The van der Waals surface area contributed by atoms with Gasteiger partial charge in [-0.05, 0) is 30.3 Å². The van der Waals surface area contributed by atoms with Crippen LogP contribution in [0.25, 0.3) is 55.0 Å². The molecule has 7 rings (SSSR count). The van der Waals surface area contributed by atoms with E-state index >= 15 is 8.78 Å². The van der Waals surface area contributed by atoms with Gasteiger partial charge in [0.15, 0.2) is 23.3 Å². The van der Waals surface area contributed by atoms with E-state index < -0.39 is 34.8 Å². The summed E-state index contributed by atoms with van der Waals surface area (Å²) < 4.78 is 76.6. The minimum absolute atomic E-state index is 0.204. The Morgan fingerprint density at radius 1 is 0.463 bits per heavy atom. The van der Waals surface area contributed by atoms with Gasteiger partial charge in [0.25, 0.3) is 0 Å². The molecule has 2 aromatic heterocycles. The number of aromatic nitrogens is 2. The summed E-state index contributed by atoms with van der Waals surface area (Å²) in [5, 5.41) is 21.9. The lowest BCUT2D eigenvalue weighted by Crippen LogP contribution is -2.09. The Labute approximate surface area is 227 Å². The molecular formula is C32H13F5N4. The maximum Gasteiger partial charge on any atom is 0.200 e. The molecule has 0 bridgehead atoms. The van der Waals surface area contributed by atoms with Gasteiger partial charge in [-0.25, -0.2) is 22.0 Å². The molecule has 0 aliphatic heterocycles. The van der Waals surface area contributed by atoms with E-state index in [0.29, 0.717) is 38.3 Å². The summed E-state index contributed by atoms with van der Waals surface area (Å²) in [6, 6.07) is 26.0. The molecule has 0 saturated carbocycles. The molecule has 0 spiro atoms. The molecule has 2 heterocycles. The van der Waals surface area contributed by atoms with Crippen molar-refractivity contribution < 1.29 is 22.0 Å². The van der Waals surface area contributed by atoms with Gasteiger partial charge in [-0.3, -0.25) is 0 Å². The zero-order valence-electron chi connectivity index (χ0n) is 20.7. The average Bonchev–Trinajstić information content (AvgIpc) is 3.51. The van der Waals surface area contributed by atoms with Crippen molar-refractivity contribution in [2.45, 2.75) is 0 Å². The Morgan fingerprint density at radius 3 is 1.61 bits per heavy atom. The minimum Gasteiger partial charge on any atom is -0.307 e. The molecule has 0 amide bonds. The molecule has 5 aromatic carbocycles. The number of hydrogen-bond acceptors (Lipinski definition) is 2. The SMILES string of the molecule is N#Cc1cccc(C#N)c1-n1c2ccccc2c2c1ccc1c3ccccc3n(-c3c(F)c(F)c(F)c(F)c3F)c12. The zero-order chi connectivity index (χ0) is 28.6. The van der Waals surface area contributed by atoms with Crippen LogP contribution in [0.5, 0.6) is 0 Å². The molecule has 196 valence electrons. The largest absolute Gasteiger partial charge is 0.307 e. The summed E-state index contributed by atoms with van der Waals surface area (Å²) in [5.41, 5.74) is 1.10. The number of rotatable bonds is 2. The van der Waals surface area contributed by atoms with Gasteiger partial charge in [0.1, 0.15) is 17.8 Å². The van der Waals surface area contributed by atoms with Crippen molar-refractivity contribution in [3.8, 4) is 23.5 Å². The fourth-order valence-corrected chi connectivity index (χ4v) is 5.74. The first-order valence-electron chi connectivity index (χ1n) is 12.3. The summed E-state index contributed by atoms with van der Waals surface area (Å²) in [5.74, 6) is -10.3. The third-order valence-electron chi connectivity index (χ3n) is 7.38. The molecule has 0 saturated heterocycles. The highest BCUT2D eigenvalue weighted by atomic mass is 19.2. The molecule has 0 N–H and O–H groups in total. The highest BCUT2D eigenvalue weighted by Crippen LogP contribution is 2.43. The predicted molar refractivity (Wildman–Crippen MR) is 144 cm³/mol. The Balaban J connectivity index is 1.79. The second kappa shape index (κ2) is 8.67. The van der Waals surface area contributed by atoms with E-state index in [0.717, 1.165) is 4.57 Å². The van der Waals surface area contributed by atoms with E-state index in [2.05, 4.69) is 12.1 Å². The fourth-order valence-electron chi connectivity index (χ4n) is 5.74. The number of para-hydroxylation sites is 3. The Morgan fingerprint density at radius 2 is 1.00 bits per heavy atom. The Hall–Kier alpha value is -5.67. The van der Waals surface area contributed by atoms with Crippen LogP contribution in [0.4, 0.5) is 22.0 Å². The molecule has 9 heteroatoms. The van der Waals surface area contributed by atoms with Crippen LogP contribution in [0.1, 0.15) is 11.1 Å². The Kier molecular flexibility index (Phi) is 5.15. The summed E-state index contributed by atoms with van der Waals surface area (Å²) in [4.78, 5) is 0. The summed E-state index contributed by atoms with van der Waals surface area (Å²) >= 11 is 0. The van der Waals surface area contributed by atoms with Gasteiger partial charge in [-0.15, -0.1) is 0 Å². The van der Waals surface area contributed by atoms with Crippen molar-refractivity contribution >= 4 is 43.6 Å². The number of nitrogens with zero attached hydrogens (tertiary/aromatic N) is 4. The van der Waals surface area contributed by atoms with Crippen LogP contribution in [0.15, 0.2) is 78.9 Å². The number of hydrogen-bond donors (Lipinski definition) is 0. The summed E-state index contributed by atoms with van der Waals surface area (Å²) in [6.07, 6.45) is 0. The summed E-state index contributed by atoms with van der Waals surface area (Å²) in [7, 11) is 0. The fraction of sp³-hybridized carbons (Fsp3) is 0. The maximum atomic E-state index is 15.4. The van der Waals surface area contributed by atoms with Gasteiger partial charge in [0.05, 0.1) is 38.9 Å². The van der Waals surface area contributed by atoms with Crippen molar-refractivity contribution in [1.82, 2.24) is 9.13 Å². The number of fused-ring (bicyclic) bond motifs is 7. The molecule has 4 nitrogen and oxygen atoms in total. The first kappa shape index (κ1) is 24.4. The predicted octanol–water partition coefficient (Wildman–Crippen LogP) is 8.32. The highest BCUT2D eigenvalue weighted by molar-refractivity contribution is 6.26. The topological polar surface area (TPSA) is 57.4 Å². The van der Waals surface area contributed by atoms with Crippen molar-refractivity contribution in [3.63, 3.8) is 0 Å². The Bertz CT molecular complexity index is 2290. The maximum absolute atomic E-state index is 15.4. The second-order valence-corrected chi connectivity index (χ2v) is 9.40. The lowest BCUT2D eigenvalue weighted by molar-refractivity contribution is 0.376. The molecule has 0 atom stereocenters. The van der Waals surface area contributed by atoms with E-state index in [1.165, 1.54) is 6.07 Å². The van der Waals surface area contributed by atoms with Crippen LogP contribution in [0.3, 0.4) is 0 Å². The number of nitriles is 2. The molecule has 7 aromatic rings. The van der Waals surface area contributed by atoms with Crippen LogP contribution in [-0.4, -0.2) is 9.13 Å².